The van der Waals surface area contributed by atoms with E-state index in [0.29, 0.717) is 55.7 Å². The van der Waals surface area contributed by atoms with Crippen molar-refractivity contribution in [1.29, 1.82) is 5.26 Å². The Bertz CT molecular complexity index is 1950. The van der Waals surface area contributed by atoms with Crippen molar-refractivity contribution >= 4 is 21.1 Å². The summed E-state index contributed by atoms with van der Waals surface area (Å²) in [6.07, 6.45) is -2.48. The molecule has 2 aromatic heterocycles. The van der Waals surface area contributed by atoms with E-state index in [1.54, 1.807) is 9.25 Å². The minimum absolute atomic E-state index is 0.0264. The first-order valence-electron chi connectivity index (χ1n) is 15.0. The minimum atomic E-state index is -4.49. The predicted octanol–water partition coefficient (Wildman–Crippen LogP) is 3.22. The number of hydrogen-bond donors (Lipinski definition) is 1. The highest BCUT2D eigenvalue weighted by atomic mass is 32.2. The molecule has 11 nitrogen and oxygen atoms in total. The molecule has 4 heterocycles. The van der Waals surface area contributed by atoms with Crippen molar-refractivity contribution in [2.75, 3.05) is 32.4 Å². The van der Waals surface area contributed by atoms with E-state index >= 15 is 0 Å². The molecule has 0 spiro atoms. The van der Waals surface area contributed by atoms with Crippen LogP contribution in [0, 0.1) is 11.3 Å². The Morgan fingerprint density at radius 1 is 1.04 bits per heavy atom. The van der Waals surface area contributed by atoms with Gasteiger partial charge in [0.2, 0.25) is 10.0 Å². The number of β-amino-alcohol motifs (C(OH)–C–C–N with tert-alkyl or cyclic N) is 1. The van der Waals surface area contributed by atoms with Crippen LogP contribution >= 0.6 is 0 Å². The molecule has 2 aliphatic rings. The monoisotopic (exact) mass is 657 g/mol. The molecule has 0 saturated carbocycles. The molecule has 15 heteroatoms. The molecule has 1 N–H and O–H groups in total. The van der Waals surface area contributed by atoms with E-state index in [1.807, 2.05) is 24.3 Å². The number of benzene rings is 2. The van der Waals surface area contributed by atoms with Gasteiger partial charge in [0, 0.05) is 62.0 Å². The summed E-state index contributed by atoms with van der Waals surface area (Å²) in [6.45, 7) is 2.00. The lowest BCUT2D eigenvalue weighted by Crippen LogP contribution is -2.42. The molecule has 0 bridgehead atoms. The minimum Gasteiger partial charge on any atom is -0.390 e. The lowest BCUT2D eigenvalue weighted by atomic mass is 10.0. The van der Waals surface area contributed by atoms with Crippen molar-refractivity contribution in [3.05, 3.63) is 75.8 Å². The number of para-hydroxylation sites is 2. The topological polar surface area (TPSA) is 129 Å². The van der Waals surface area contributed by atoms with Crippen molar-refractivity contribution in [3.8, 4) is 17.3 Å². The molecule has 1 fully saturated rings. The van der Waals surface area contributed by atoms with E-state index in [1.165, 1.54) is 21.0 Å². The van der Waals surface area contributed by atoms with Crippen LogP contribution in [0.25, 0.3) is 22.3 Å². The van der Waals surface area contributed by atoms with Gasteiger partial charge in [-0.25, -0.2) is 13.2 Å². The standard InChI is InChI=1S/C31H34F3N7O4S/c1-46(44,45)38-16-12-26-25(20-38)29(21-6-8-22(9-7-21)31(32,33)34)36-40(26)19-24(42)18-37-14-10-23(11-15-37)41-28-5-3-2-4-27(28)39(17-13-35)30(41)43/h2-9,23-24,42H,10-12,14-20H2,1H3. The van der Waals surface area contributed by atoms with Gasteiger partial charge in [-0.15, -0.1) is 0 Å². The van der Waals surface area contributed by atoms with Crippen LogP contribution in [0.5, 0.6) is 0 Å². The van der Waals surface area contributed by atoms with Crippen molar-refractivity contribution in [2.24, 2.45) is 0 Å². The first-order valence-corrected chi connectivity index (χ1v) is 16.9. The summed E-state index contributed by atoms with van der Waals surface area (Å²) in [5, 5.41) is 25.1. The largest absolute Gasteiger partial charge is 0.416 e. The molecule has 46 heavy (non-hydrogen) atoms. The van der Waals surface area contributed by atoms with Crippen LogP contribution in [0.1, 0.15) is 35.7 Å². The quantitative estimate of drug-likeness (QED) is 0.308. The first kappa shape index (κ1) is 32.0. The molecule has 0 amide bonds. The van der Waals surface area contributed by atoms with Crippen LogP contribution in [0.15, 0.2) is 53.3 Å². The fraction of sp³-hybridized carbons (Fsp3) is 0.452. The molecule has 0 radical (unpaired) electrons. The molecule has 0 aliphatic carbocycles. The molecular weight excluding hydrogens is 623 g/mol. The Balaban J connectivity index is 1.17. The Hall–Kier alpha value is -3.97. The molecule has 6 rings (SSSR count). The smallest absolute Gasteiger partial charge is 0.390 e. The highest BCUT2D eigenvalue weighted by Gasteiger charge is 2.33. The van der Waals surface area contributed by atoms with Crippen molar-refractivity contribution in [3.63, 3.8) is 0 Å². The Morgan fingerprint density at radius 3 is 2.35 bits per heavy atom. The summed E-state index contributed by atoms with van der Waals surface area (Å²) >= 11 is 0. The van der Waals surface area contributed by atoms with E-state index in [-0.39, 0.29) is 37.9 Å². The third kappa shape index (κ3) is 6.22. The number of aliphatic hydroxyl groups is 1. The number of alkyl halides is 3. The third-order valence-electron chi connectivity index (χ3n) is 8.93. The number of sulfonamides is 1. The van der Waals surface area contributed by atoms with Crippen molar-refractivity contribution < 1.29 is 26.7 Å². The summed E-state index contributed by atoms with van der Waals surface area (Å²) in [4.78, 5) is 15.3. The maximum Gasteiger partial charge on any atom is 0.416 e. The molecule has 2 aromatic carbocycles. The Kier molecular flexibility index (Phi) is 8.57. The second-order valence-electron chi connectivity index (χ2n) is 11.9. The highest BCUT2D eigenvalue weighted by Crippen LogP contribution is 2.34. The van der Waals surface area contributed by atoms with Crippen LogP contribution in [-0.4, -0.2) is 80.2 Å². The average molecular weight is 658 g/mol. The third-order valence-corrected chi connectivity index (χ3v) is 10.2. The van der Waals surface area contributed by atoms with Gasteiger partial charge in [0.15, 0.2) is 0 Å². The zero-order valence-corrected chi connectivity index (χ0v) is 26.0. The SMILES string of the molecule is CS(=O)(=O)N1CCc2c(c(-c3ccc(C(F)(F)F)cc3)nn2CC(O)CN2CCC(n3c(=O)n(CC#N)c4ccccc43)CC2)C1. The van der Waals surface area contributed by atoms with E-state index in [0.717, 1.165) is 35.1 Å². The van der Waals surface area contributed by atoms with Crippen molar-refractivity contribution in [1.82, 2.24) is 28.1 Å². The number of rotatable bonds is 8. The summed E-state index contributed by atoms with van der Waals surface area (Å²) in [6, 6.07) is 14.1. The maximum atomic E-state index is 13.2. The first-order chi connectivity index (χ1) is 21.8. The van der Waals surface area contributed by atoms with E-state index in [9.17, 15) is 36.8 Å². The van der Waals surface area contributed by atoms with Gasteiger partial charge in [-0.05, 0) is 37.1 Å². The van der Waals surface area contributed by atoms with Crippen LogP contribution in [-0.2, 0) is 42.3 Å². The molecular formula is C31H34F3N7O4S. The zero-order valence-electron chi connectivity index (χ0n) is 25.2. The van der Waals surface area contributed by atoms with E-state index in [2.05, 4.69) is 16.1 Å². The van der Waals surface area contributed by atoms with Gasteiger partial charge in [0.05, 0.1) is 47.3 Å². The number of halogens is 3. The molecule has 4 aromatic rings. The second kappa shape index (κ2) is 12.3. The molecule has 1 saturated heterocycles. The zero-order chi connectivity index (χ0) is 32.8. The Morgan fingerprint density at radius 2 is 1.72 bits per heavy atom. The molecule has 1 unspecified atom stereocenters. The number of nitrogens with zero attached hydrogens (tertiary/aromatic N) is 7. The summed E-state index contributed by atoms with van der Waals surface area (Å²) in [5.41, 5.74) is 2.72. The fourth-order valence-corrected chi connectivity index (χ4v) is 7.46. The van der Waals surface area contributed by atoms with Gasteiger partial charge < -0.3 is 10.0 Å². The number of fused-ring (bicyclic) bond motifs is 2. The van der Waals surface area contributed by atoms with Crippen LogP contribution < -0.4 is 5.69 Å². The summed E-state index contributed by atoms with van der Waals surface area (Å²) in [7, 11) is -3.51. The summed E-state index contributed by atoms with van der Waals surface area (Å²) < 4.78 is 70.4. The predicted molar refractivity (Wildman–Crippen MR) is 164 cm³/mol. The van der Waals surface area contributed by atoms with Gasteiger partial charge in [-0.2, -0.15) is 27.8 Å². The van der Waals surface area contributed by atoms with Gasteiger partial charge >= 0.3 is 11.9 Å². The molecule has 1 atom stereocenters. The number of aromatic nitrogens is 4. The number of likely N-dealkylation sites (tertiary alicyclic amines) is 1. The lowest BCUT2D eigenvalue weighted by molar-refractivity contribution is -0.137. The van der Waals surface area contributed by atoms with Crippen LogP contribution in [0.3, 0.4) is 0 Å². The summed E-state index contributed by atoms with van der Waals surface area (Å²) in [5.74, 6) is 0. The number of nitriles is 1. The lowest BCUT2D eigenvalue weighted by Gasteiger charge is -2.33. The molecule has 244 valence electrons. The van der Waals surface area contributed by atoms with Gasteiger partial charge in [-0.3, -0.25) is 13.8 Å². The van der Waals surface area contributed by atoms with Crippen LogP contribution in [0.2, 0.25) is 0 Å². The number of imidazole rings is 1. The second-order valence-corrected chi connectivity index (χ2v) is 13.9. The van der Waals surface area contributed by atoms with Crippen LogP contribution in [0.4, 0.5) is 13.2 Å². The fourth-order valence-electron chi connectivity index (χ4n) is 6.67. The van der Waals surface area contributed by atoms with E-state index < -0.39 is 27.9 Å². The van der Waals surface area contributed by atoms with Gasteiger partial charge in [0.1, 0.15) is 6.54 Å². The van der Waals surface area contributed by atoms with E-state index in [4.69, 9.17) is 0 Å². The normalized spacial score (nSPS) is 17.7. The highest BCUT2D eigenvalue weighted by molar-refractivity contribution is 7.88. The number of hydrogen-bond acceptors (Lipinski definition) is 7. The maximum absolute atomic E-state index is 13.2. The Labute approximate surface area is 263 Å². The van der Waals surface area contributed by atoms with Crippen molar-refractivity contribution in [2.45, 2.75) is 57.2 Å². The van der Waals surface area contributed by atoms with Gasteiger partial charge in [0.25, 0.3) is 0 Å². The number of aliphatic hydroxyl groups excluding tert-OH is 1. The van der Waals surface area contributed by atoms with Gasteiger partial charge in [-0.1, -0.05) is 24.3 Å². The average Bonchev–Trinajstić information content (AvgIpc) is 3.51. The molecule has 2 aliphatic heterocycles. The number of piperidine rings is 1.